The van der Waals surface area contributed by atoms with Gasteiger partial charge in [0.1, 0.15) is 10.9 Å². The van der Waals surface area contributed by atoms with Gasteiger partial charge in [0.2, 0.25) is 0 Å². The summed E-state index contributed by atoms with van der Waals surface area (Å²) in [6.07, 6.45) is 1.24. The first kappa shape index (κ1) is 21.7. The molecule has 0 N–H and O–H groups in total. The monoisotopic (exact) mass is 489 g/mol. The minimum absolute atomic E-state index is 0.127. The Labute approximate surface area is 207 Å². The van der Waals surface area contributed by atoms with E-state index in [9.17, 15) is 4.79 Å². The lowest BCUT2D eigenvalue weighted by atomic mass is 9.73. The van der Waals surface area contributed by atoms with Crippen LogP contribution in [-0.2, 0) is 4.79 Å². The van der Waals surface area contributed by atoms with Crippen LogP contribution < -0.4 is 9.64 Å². The average molecular weight is 490 g/mol. The van der Waals surface area contributed by atoms with Crippen LogP contribution in [0.4, 0.5) is 5.69 Å². The number of aromatic nitrogens is 1. The molecule has 2 aliphatic heterocycles. The summed E-state index contributed by atoms with van der Waals surface area (Å²) in [5.74, 6) is 0.882. The summed E-state index contributed by atoms with van der Waals surface area (Å²) in [6.45, 7) is 6.35. The predicted molar refractivity (Wildman–Crippen MR) is 138 cm³/mol. The molecule has 1 aromatic heterocycles. The number of carbonyl (C=O) groups is 1. The van der Waals surface area contributed by atoms with Gasteiger partial charge in [0, 0.05) is 27.8 Å². The quantitative estimate of drug-likeness (QED) is 0.367. The molecular formula is C27H24ClN3O2S. The van der Waals surface area contributed by atoms with Crippen molar-refractivity contribution in [3.63, 3.8) is 0 Å². The number of pyridine rings is 1. The van der Waals surface area contributed by atoms with Gasteiger partial charge in [-0.2, -0.15) is 0 Å². The van der Waals surface area contributed by atoms with Crippen molar-refractivity contribution in [1.29, 1.82) is 0 Å². The van der Waals surface area contributed by atoms with E-state index in [4.69, 9.17) is 26.3 Å². The van der Waals surface area contributed by atoms with Crippen molar-refractivity contribution in [1.82, 2.24) is 4.98 Å². The van der Waals surface area contributed by atoms with E-state index in [1.807, 2.05) is 18.2 Å². The van der Waals surface area contributed by atoms with Crippen LogP contribution in [0.25, 0.3) is 10.9 Å². The summed E-state index contributed by atoms with van der Waals surface area (Å²) in [6, 6.07) is 13.8. The average Bonchev–Trinajstić information content (AvgIpc) is 3.13. The Balaban J connectivity index is 1.61. The maximum Gasteiger partial charge on any atom is 0.174 e. The number of rotatable bonds is 2. The number of ether oxygens (including phenoxy) is 1. The van der Waals surface area contributed by atoms with E-state index in [1.54, 1.807) is 18.9 Å². The summed E-state index contributed by atoms with van der Waals surface area (Å²) in [7, 11) is 1.65. The minimum atomic E-state index is -0.377. The molecule has 1 unspecified atom stereocenters. The van der Waals surface area contributed by atoms with Gasteiger partial charge in [0.05, 0.1) is 30.1 Å². The van der Waals surface area contributed by atoms with Crippen molar-refractivity contribution < 1.29 is 9.53 Å². The highest BCUT2D eigenvalue weighted by Gasteiger charge is 2.46. The number of hydrogen-bond donors (Lipinski definition) is 0. The number of halogens is 1. The number of allylic oxidation sites excluding steroid dienone is 1. The Bertz CT molecular complexity index is 1460. The molecule has 0 fully saturated rings. The van der Waals surface area contributed by atoms with E-state index >= 15 is 0 Å². The Morgan fingerprint density at radius 3 is 2.76 bits per heavy atom. The number of carbonyl (C=O) groups excluding carboxylic acids is 1. The van der Waals surface area contributed by atoms with Crippen molar-refractivity contribution >= 4 is 50.9 Å². The third-order valence-electron chi connectivity index (χ3n) is 6.74. The van der Waals surface area contributed by atoms with Crippen LogP contribution in [0.2, 0.25) is 5.15 Å². The van der Waals surface area contributed by atoms with Gasteiger partial charge in [0.25, 0.3) is 0 Å². The molecular weight excluding hydrogens is 466 g/mol. The maximum atomic E-state index is 13.6. The molecule has 1 atom stereocenters. The molecule has 34 heavy (non-hydrogen) atoms. The van der Waals surface area contributed by atoms with E-state index in [-0.39, 0.29) is 17.2 Å². The number of anilines is 1. The molecule has 2 aromatic carbocycles. The van der Waals surface area contributed by atoms with Crippen molar-refractivity contribution in [2.75, 3.05) is 12.0 Å². The molecule has 3 aliphatic rings. The van der Waals surface area contributed by atoms with E-state index in [1.165, 1.54) is 5.56 Å². The second-order valence-corrected chi connectivity index (χ2v) is 11.3. The van der Waals surface area contributed by atoms with Crippen LogP contribution in [0.1, 0.15) is 43.9 Å². The Hall–Kier alpha value is -2.83. The molecule has 0 bridgehead atoms. The first-order chi connectivity index (χ1) is 16.2. The summed E-state index contributed by atoms with van der Waals surface area (Å²) in [5, 5.41) is 2.21. The van der Waals surface area contributed by atoms with Crippen molar-refractivity contribution in [2.45, 2.75) is 44.6 Å². The zero-order valence-corrected chi connectivity index (χ0v) is 21.0. The normalized spacial score (nSPS) is 20.7. The number of thioether (sulfide) groups is 1. The smallest absolute Gasteiger partial charge is 0.174 e. The number of aryl methyl sites for hydroxylation is 1. The molecule has 0 saturated carbocycles. The number of fused-ring (bicyclic) bond motifs is 4. The number of aliphatic imine (C=N–C) groups is 1. The van der Waals surface area contributed by atoms with E-state index < -0.39 is 0 Å². The number of ketones is 1. The maximum absolute atomic E-state index is 13.6. The Morgan fingerprint density at radius 2 is 1.97 bits per heavy atom. The number of amidine groups is 1. The summed E-state index contributed by atoms with van der Waals surface area (Å²) in [5.41, 5.74) is 5.32. The van der Waals surface area contributed by atoms with E-state index in [2.05, 4.69) is 49.9 Å². The molecule has 0 saturated heterocycles. The second kappa shape index (κ2) is 7.59. The van der Waals surface area contributed by atoms with Crippen molar-refractivity contribution in [3.8, 4) is 5.75 Å². The molecule has 6 rings (SSSR count). The lowest BCUT2D eigenvalue weighted by Gasteiger charge is -2.40. The van der Waals surface area contributed by atoms with Crippen LogP contribution in [0.5, 0.6) is 5.75 Å². The van der Waals surface area contributed by atoms with Gasteiger partial charge < -0.3 is 9.64 Å². The Kier molecular flexibility index (Phi) is 4.84. The highest BCUT2D eigenvalue weighted by Crippen LogP contribution is 2.54. The lowest BCUT2D eigenvalue weighted by molar-refractivity contribution is -0.118. The van der Waals surface area contributed by atoms with Crippen molar-refractivity contribution in [3.05, 3.63) is 70.0 Å². The zero-order valence-electron chi connectivity index (χ0n) is 19.5. The fourth-order valence-electron chi connectivity index (χ4n) is 5.20. The van der Waals surface area contributed by atoms with Crippen LogP contribution in [0.15, 0.2) is 63.6 Å². The fourth-order valence-corrected chi connectivity index (χ4v) is 6.62. The summed E-state index contributed by atoms with van der Waals surface area (Å²) < 4.78 is 5.43. The zero-order chi connectivity index (χ0) is 23.8. The number of benzene rings is 2. The molecule has 7 heteroatoms. The highest BCUT2D eigenvalue weighted by atomic mass is 35.5. The Morgan fingerprint density at radius 1 is 1.15 bits per heavy atom. The lowest BCUT2D eigenvalue weighted by Crippen LogP contribution is -2.40. The van der Waals surface area contributed by atoms with E-state index in [0.717, 1.165) is 55.7 Å². The van der Waals surface area contributed by atoms with Crippen LogP contribution >= 0.6 is 23.4 Å². The van der Waals surface area contributed by atoms with Gasteiger partial charge in [-0.05, 0) is 72.5 Å². The molecule has 0 spiro atoms. The van der Waals surface area contributed by atoms with Crippen LogP contribution in [0, 0.1) is 12.3 Å². The molecule has 0 radical (unpaired) electrons. The predicted octanol–water partition coefficient (Wildman–Crippen LogP) is 6.87. The van der Waals surface area contributed by atoms with Gasteiger partial charge in [-0.25, -0.2) is 9.98 Å². The van der Waals surface area contributed by atoms with Gasteiger partial charge in [-0.15, -0.1) is 0 Å². The topological polar surface area (TPSA) is 54.8 Å². The van der Waals surface area contributed by atoms with Gasteiger partial charge in [-0.3, -0.25) is 4.79 Å². The van der Waals surface area contributed by atoms with Crippen LogP contribution in [-0.4, -0.2) is 23.0 Å². The number of nitrogens with zero attached hydrogens (tertiary/aromatic N) is 3. The van der Waals surface area contributed by atoms with Gasteiger partial charge in [0.15, 0.2) is 11.0 Å². The molecule has 0 amide bonds. The third-order valence-corrected chi connectivity index (χ3v) is 8.06. The minimum Gasteiger partial charge on any atom is -0.497 e. The largest absolute Gasteiger partial charge is 0.497 e. The summed E-state index contributed by atoms with van der Waals surface area (Å²) >= 11 is 8.49. The molecule has 3 heterocycles. The van der Waals surface area contributed by atoms with Crippen molar-refractivity contribution in [2.24, 2.45) is 10.4 Å². The first-order valence-corrected chi connectivity index (χ1v) is 12.5. The van der Waals surface area contributed by atoms with E-state index in [0.29, 0.717) is 11.6 Å². The number of Topliss-reactive ketones (excluding diaryl/α,β-unsaturated/α-hetero) is 1. The summed E-state index contributed by atoms with van der Waals surface area (Å²) in [4.78, 5) is 26.7. The van der Waals surface area contributed by atoms with Gasteiger partial charge in [-0.1, -0.05) is 31.5 Å². The number of hydrogen-bond acceptors (Lipinski definition) is 6. The number of methoxy groups -OCH3 is 1. The van der Waals surface area contributed by atoms with Crippen LogP contribution in [0.3, 0.4) is 0 Å². The third kappa shape index (κ3) is 3.35. The fraction of sp³-hybridized carbons (Fsp3) is 0.296. The molecule has 3 aromatic rings. The molecule has 5 nitrogen and oxygen atoms in total. The molecule has 1 aliphatic carbocycles. The first-order valence-electron chi connectivity index (χ1n) is 11.3. The van der Waals surface area contributed by atoms with Gasteiger partial charge >= 0.3 is 0 Å². The SMILES string of the molecule is COc1ccc2nc(Cl)c(C3C4=C(CC(C)(C)CC4=O)N=C4Sc5cc(C)ccc5N43)cc2c1. The highest BCUT2D eigenvalue weighted by molar-refractivity contribution is 8.14. The standard InChI is InChI=1S/C27H24ClN3O2S/c1-14-5-8-20-22(9-14)34-26-30-19-12-27(2,3)13-21(32)23(19)24(31(20)26)17-11-15-10-16(33-4)6-7-18(15)29-25(17)28/h5-11,24H,12-13H2,1-4H3. The molecule has 172 valence electrons. The second-order valence-electron chi connectivity index (χ2n) is 9.97.